The Morgan fingerprint density at radius 3 is 2.68 bits per heavy atom. The van der Waals surface area contributed by atoms with E-state index >= 15 is 0 Å². The van der Waals surface area contributed by atoms with Crippen molar-refractivity contribution in [1.82, 2.24) is 0 Å². The van der Waals surface area contributed by atoms with Crippen molar-refractivity contribution in [3.05, 3.63) is 33.9 Å². The summed E-state index contributed by atoms with van der Waals surface area (Å²) in [5.41, 5.74) is 0.402. The number of nitrogens with zero attached hydrogens (tertiary/aromatic N) is 1. The Morgan fingerprint density at radius 2 is 2.16 bits per heavy atom. The Morgan fingerprint density at radius 1 is 1.47 bits per heavy atom. The molecule has 0 radical (unpaired) electrons. The summed E-state index contributed by atoms with van der Waals surface area (Å²) in [4.78, 5) is 22.2. The first-order valence-corrected chi connectivity index (χ1v) is 6.03. The van der Waals surface area contributed by atoms with E-state index in [4.69, 9.17) is 4.74 Å². The second-order valence-electron chi connectivity index (χ2n) is 4.58. The summed E-state index contributed by atoms with van der Waals surface area (Å²) in [5, 5.41) is 11.1. The molecule has 102 valence electrons. The van der Waals surface area contributed by atoms with Gasteiger partial charge in [-0.3, -0.25) is 10.1 Å². The lowest BCUT2D eigenvalue weighted by atomic mass is 10.2. The molecule has 19 heavy (non-hydrogen) atoms. The zero-order valence-electron chi connectivity index (χ0n) is 10.8. The van der Waals surface area contributed by atoms with E-state index in [1.54, 1.807) is 19.1 Å². The lowest BCUT2D eigenvalue weighted by molar-refractivity contribution is -0.386. The second-order valence-corrected chi connectivity index (χ2v) is 4.58. The molecule has 6 heteroatoms. The Labute approximate surface area is 110 Å². The van der Waals surface area contributed by atoms with E-state index in [1.165, 1.54) is 13.2 Å². The third-order valence-corrected chi connectivity index (χ3v) is 3.12. The van der Waals surface area contributed by atoms with Crippen LogP contribution in [-0.2, 0) is 9.53 Å². The topological polar surface area (TPSA) is 78.7 Å². The molecule has 6 nitrogen and oxygen atoms in total. The van der Waals surface area contributed by atoms with Crippen LogP contribution in [0.3, 0.4) is 0 Å². The highest BCUT2D eigenvalue weighted by molar-refractivity contribution is 5.76. The fourth-order valence-electron chi connectivity index (χ4n) is 1.95. The van der Waals surface area contributed by atoms with Crippen molar-refractivity contribution in [3.8, 4) is 5.75 Å². The smallest absolute Gasteiger partial charge is 0.347 e. The number of ether oxygens (including phenoxy) is 2. The zero-order chi connectivity index (χ0) is 14.0. The first kappa shape index (κ1) is 13.3. The van der Waals surface area contributed by atoms with Crippen LogP contribution >= 0.6 is 0 Å². The van der Waals surface area contributed by atoms with Crippen molar-refractivity contribution >= 4 is 11.7 Å². The number of carbonyl (C=O) groups is 1. The molecule has 0 aromatic heterocycles. The number of esters is 1. The number of nitro groups is 1. The Bertz CT molecular complexity index is 510. The van der Waals surface area contributed by atoms with Gasteiger partial charge in [0.2, 0.25) is 0 Å². The molecular weight excluding hydrogens is 250 g/mol. The Hall–Kier alpha value is -2.11. The average Bonchev–Trinajstić information content (AvgIpc) is 3.18. The number of aryl methyl sites for hydroxylation is 1. The van der Waals surface area contributed by atoms with Gasteiger partial charge in [0, 0.05) is 11.5 Å². The van der Waals surface area contributed by atoms with Gasteiger partial charge in [0.15, 0.2) is 11.9 Å². The largest absolute Gasteiger partial charge is 0.471 e. The van der Waals surface area contributed by atoms with Gasteiger partial charge in [0.05, 0.1) is 12.0 Å². The molecule has 0 saturated heterocycles. The standard InChI is InChI=1S/C13H15NO5/c1-8-4-3-5-10(11(8)14(16)17)19-12(9-6-7-9)13(15)18-2/h3-5,9,12H,6-7H2,1-2H3. The van der Waals surface area contributed by atoms with E-state index in [-0.39, 0.29) is 17.4 Å². The molecule has 1 saturated carbocycles. The molecule has 1 unspecified atom stereocenters. The monoisotopic (exact) mass is 265 g/mol. The SMILES string of the molecule is COC(=O)C(Oc1cccc(C)c1[N+](=O)[O-])C1CC1. The minimum Gasteiger partial charge on any atom is -0.471 e. The third kappa shape index (κ3) is 2.83. The fourth-order valence-corrected chi connectivity index (χ4v) is 1.95. The van der Waals surface area contributed by atoms with Crippen molar-refractivity contribution in [1.29, 1.82) is 0 Å². The molecule has 0 N–H and O–H groups in total. The number of nitro benzene ring substituents is 1. The number of rotatable bonds is 5. The highest BCUT2D eigenvalue weighted by Gasteiger charge is 2.40. The molecule has 0 aliphatic heterocycles. The van der Waals surface area contributed by atoms with E-state index in [2.05, 4.69) is 4.74 Å². The number of hydrogen-bond acceptors (Lipinski definition) is 5. The molecule has 2 rings (SSSR count). The molecule has 0 amide bonds. The summed E-state index contributed by atoms with van der Waals surface area (Å²) in [6, 6.07) is 4.80. The fraction of sp³-hybridized carbons (Fsp3) is 0.462. The van der Waals surface area contributed by atoms with Gasteiger partial charge in [0.25, 0.3) is 0 Å². The van der Waals surface area contributed by atoms with E-state index in [9.17, 15) is 14.9 Å². The summed E-state index contributed by atoms with van der Waals surface area (Å²) in [7, 11) is 1.28. The van der Waals surface area contributed by atoms with Crippen LogP contribution in [0.5, 0.6) is 5.75 Å². The molecule has 1 fully saturated rings. The Balaban J connectivity index is 2.29. The van der Waals surface area contributed by atoms with Crippen molar-refractivity contribution in [2.24, 2.45) is 5.92 Å². The lowest BCUT2D eigenvalue weighted by Crippen LogP contribution is -2.30. The lowest BCUT2D eigenvalue weighted by Gasteiger charge is -2.16. The van der Waals surface area contributed by atoms with Crippen LogP contribution in [0.25, 0.3) is 0 Å². The number of methoxy groups -OCH3 is 1. The van der Waals surface area contributed by atoms with Gasteiger partial charge >= 0.3 is 11.7 Å². The number of benzene rings is 1. The van der Waals surface area contributed by atoms with Crippen LogP contribution in [0.4, 0.5) is 5.69 Å². The van der Waals surface area contributed by atoms with Crippen LogP contribution in [0, 0.1) is 23.0 Å². The maximum absolute atomic E-state index is 11.6. The number of carbonyl (C=O) groups excluding carboxylic acids is 1. The molecule has 0 heterocycles. The van der Waals surface area contributed by atoms with E-state index < -0.39 is 17.0 Å². The maximum atomic E-state index is 11.6. The summed E-state index contributed by atoms with van der Waals surface area (Å²) >= 11 is 0. The van der Waals surface area contributed by atoms with Crippen molar-refractivity contribution in [2.75, 3.05) is 7.11 Å². The van der Waals surface area contributed by atoms with Crippen LogP contribution in [0.15, 0.2) is 18.2 Å². The number of hydrogen-bond donors (Lipinski definition) is 0. The highest BCUT2D eigenvalue weighted by Crippen LogP contribution is 2.38. The summed E-state index contributed by atoms with van der Waals surface area (Å²) in [6.45, 7) is 1.63. The average molecular weight is 265 g/mol. The van der Waals surface area contributed by atoms with Gasteiger partial charge < -0.3 is 9.47 Å². The molecule has 1 aliphatic carbocycles. The molecule has 1 aliphatic rings. The van der Waals surface area contributed by atoms with Crippen LogP contribution < -0.4 is 4.74 Å². The normalized spacial score (nSPS) is 15.7. The van der Waals surface area contributed by atoms with Crippen LogP contribution in [-0.4, -0.2) is 24.1 Å². The molecule has 0 bridgehead atoms. The predicted octanol–water partition coefficient (Wildman–Crippen LogP) is 2.23. The van der Waals surface area contributed by atoms with Gasteiger partial charge in [-0.2, -0.15) is 0 Å². The van der Waals surface area contributed by atoms with Crippen molar-refractivity contribution in [3.63, 3.8) is 0 Å². The van der Waals surface area contributed by atoms with E-state index in [0.717, 1.165) is 12.8 Å². The quantitative estimate of drug-likeness (QED) is 0.463. The molecule has 0 spiro atoms. The second kappa shape index (κ2) is 5.26. The van der Waals surface area contributed by atoms with Gasteiger partial charge in [0.1, 0.15) is 0 Å². The first-order chi connectivity index (χ1) is 9.04. The van der Waals surface area contributed by atoms with Gasteiger partial charge in [-0.25, -0.2) is 4.79 Å². The number of para-hydroxylation sites is 1. The van der Waals surface area contributed by atoms with Crippen LogP contribution in [0.1, 0.15) is 18.4 Å². The summed E-state index contributed by atoms with van der Waals surface area (Å²) in [6.07, 6.45) is 0.990. The molecule has 1 aromatic rings. The predicted molar refractivity (Wildman–Crippen MR) is 67.0 cm³/mol. The maximum Gasteiger partial charge on any atom is 0.347 e. The third-order valence-electron chi connectivity index (χ3n) is 3.12. The van der Waals surface area contributed by atoms with Crippen LogP contribution in [0.2, 0.25) is 0 Å². The van der Waals surface area contributed by atoms with Gasteiger partial charge in [-0.1, -0.05) is 12.1 Å². The first-order valence-electron chi connectivity index (χ1n) is 6.03. The van der Waals surface area contributed by atoms with Crippen molar-refractivity contribution < 1.29 is 19.2 Å². The summed E-state index contributed by atoms with van der Waals surface area (Å²) in [5.74, 6) is -0.279. The molecule has 1 atom stereocenters. The zero-order valence-corrected chi connectivity index (χ0v) is 10.8. The minimum absolute atomic E-state index is 0.0903. The minimum atomic E-state index is -0.759. The molecule has 1 aromatic carbocycles. The van der Waals surface area contributed by atoms with Crippen molar-refractivity contribution in [2.45, 2.75) is 25.9 Å². The highest BCUT2D eigenvalue weighted by atomic mass is 16.6. The van der Waals surface area contributed by atoms with E-state index in [1.807, 2.05) is 0 Å². The van der Waals surface area contributed by atoms with Gasteiger partial charge in [-0.05, 0) is 25.8 Å². The molecular formula is C13H15NO5. The summed E-state index contributed by atoms with van der Waals surface area (Å²) < 4.78 is 10.2. The van der Waals surface area contributed by atoms with Gasteiger partial charge in [-0.15, -0.1) is 0 Å². The van der Waals surface area contributed by atoms with E-state index in [0.29, 0.717) is 5.56 Å². The Kier molecular flexibility index (Phi) is 3.69.